The molecular formula is C7H13N5O2S. The van der Waals surface area contributed by atoms with E-state index in [1.807, 2.05) is 6.92 Å². The predicted molar refractivity (Wildman–Crippen MR) is 56.6 cm³/mol. The van der Waals surface area contributed by atoms with E-state index in [0.29, 0.717) is 5.16 Å². The van der Waals surface area contributed by atoms with Gasteiger partial charge in [-0.15, -0.1) is 0 Å². The van der Waals surface area contributed by atoms with Crippen LogP contribution in [0.3, 0.4) is 0 Å². The zero-order chi connectivity index (χ0) is 11.3. The molecule has 0 aromatic carbocycles. The van der Waals surface area contributed by atoms with Crippen molar-refractivity contribution in [1.82, 2.24) is 15.0 Å². The monoisotopic (exact) mass is 231 g/mol. The Morgan fingerprint density at radius 2 is 2.27 bits per heavy atom. The normalized spacial score (nSPS) is 12.3. The quantitative estimate of drug-likeness (QED) is 0.358. The molecule has 0 aliphatic heterocycles. The fraction of sp³-hybridized carbons (Fsp3) is 0.571. The van der Waals surface area contributed by atoms with E-state index in [0.717, 1.165) is 0 Å². The van der Waals surface area contributed by atoms with Crippen molar-refractivity contribution in [3.05, 3.63) is 0 Å². The minimum absolute atomic E-state index is 0.00253. The van der Waals surface area contributed by atoms with Gasteiger partial charge in [-0.05, 0) is 0 Å². The fourth-order valence-electron chi connectivity index (χ4n) is 0.764. The molecule has 0 fully saturated rings. The van der Waals surface area contributed by atoms with Gasteiger partial charge in [-0.1, -0.05) is 18.7 Å². The molecule has 0 aliphatic rings. The number of hydrogen-bond donors (Lipinski definition) is 3. The Hall–Kier alpha value is -1.12. The van der Waals surface area contributed by atoms with Crippen molar-refractivity contribution in [3.8, 4) is 6.01 Å². The van der Waals surface area contributed by atoms with Crippen LogP contribution in [0.4, 0.5) is 5.95 Å². The van der Waals surface area contributed by atoms with E-state index >= 15 is 0 Å². The Morgan fingerprint density at radius 3 is 2.80 bits per heavy atom. The molecule has 1 heterocycles. The Morgan fingerprint density at radius 1 is 1.53 bits per heavy atom. The minimum atomic E-state index is 0.00253. The highest BCUT2D eigenvalue weighted by atomic mass is 32.2. The lowest BCUT2D eigenvalue weighted by atomic mass is 10.5. The maximum absolute atomic E-state index is 8.89. The topological polar surface area (TPSA) is 106 Å². The highest BCUT2D eigenvalue weighted by Crippen LogP contribution is 2.21. The van der Waals surface area contributed by atoms with E-state index in [4.69, 9.17) is 15.7 Å². The molecule has 7 nitrogen and oxygen atoms in total. The van der Waals surface area contributed by atoms with E-state index < -0.39 is 0 Å². The van der Waals surface area contributed by atoms with Crippen LogP contribution in [0.15, 0.2) is 5.16 Å². The number of hydrazine groups is 1. The molecule has 0 saturated carbocycles. The molecular weight excluding hydrogens is 218 g/mol. The van der Waals surface area contributed by atoms with E-state index in [2.05, 4.69) is 20.4 Å². The molecule has 0 bridgehead atoms. The lowest BCUT2D eigenvalue weighted by molar-refractivity contribution is 0.299. The number of nitrogens with one attached hydrogen (secondary N) is 1. The standard InChI is InChI=1S/C7H13N5O2S/c1-4(3-13)15-7-10-5(12-8)9-6(11-7)14-2/h4,13H,3,8H2,1-2H3,(H,9,10,11,12). The number of nitrogens with two attached hydrogens (primary N) is 1. The number of ether oxygens (including phenoxy) is 1. The summed E-state index contributed by atoms with van der Waals surface area (Å²) in [4.78, 5) is 11.8. The van der Waals surface area contributed by atoms with Crippen LogP contribution in [0.1, 0.15) is 6.92 Å². The Bertz CT molecular complexity index is 302. The summed E-state index contributed by atoms with van der Waals surface area (Å²) in [6, 6.07) is 0.186. The third-order valence-electron chi connectivity index (χ3n) is 1.47. The van der Waals surface area contributed by atoms with E-state index in [-0.39, 0.29) is 23.8 Å². The van der Waals surface area contributed by atoms with Crippen LogP contribution in [0.25, 0.3) is 0 Å². The maximum atomic E-state index is 8.89. The van der Waals surface area contributed by atoms with Crippen molar-refractivity contribution in [2.45, 2.75) is 17.3 Å². The van der Waals surface area contributed by atoms with Gasteiger partial charge < -0.3 is 9.84 Å². The first-order valence-corrected chi connectivity index (χ1v) is 5.11. The number of thioether (sulfide) groups is 1. The van der Waals surface area contributed by atoms with Crippen LogP contribution >= 0.6 is 11.8 Å². The summed E-state index contributed by atoms with van der Waals surface area (Å²) in [6.45, 7) is 1.90. The highest BCUT2D eigenvalue weighted by molar-refractivity contribution is 7.99. The zero-order valence-corrected chi connectivity index (χ0v) is 9.28. The predicted octanol–water partition coefficient (Wildman–Crippen LogP) is -0.361. The second kappa shape index (κ2) is 5.69. The summed E-state index contributed by atoms with van der Waals surface area (Å²) in [5, 5.41) is 9.34. The van der Waals surface area contributed by atoms with Gasteiger partial charge in [-0.25, -0.2) is 5.84 Å². The number of aliphatic hydroxyl groups is 1. The SMILES string of the molecule is COc1nc(NN)nc(SC(C)CO)n1. The first kappa shape index (κ1) is 12.0. The van der Waals surface area contributed by atoms with Crippen molar-refractivity contribution in [2.24, 2.45) is 5.84 Å². The number of methoxy groups -OCH3 is 1. The number of aliphatic hydroxyl groups excluding tert-OH is 1. The molecule has 0 radical (unpaired) electrons. The lowest BCUT2D eigenvalue weighted by Crippen LogP contribution is -2.13. The second-order valence-corrected chi connectivity index (χ2v) is 4.09. The Kier molecular flexibility index (Phi) is 4.53. The number of anilines is 1. The van der Waals surface area contributed by atoms with E-state index in [1.165, 1.54) is 18.9 Å². The molecule has 1 unspecified atom stereocenters. The summed E-state index contributed by atoms with van der Waals surface area (Å²) in [5.74, 6) is 5.42. The average molecular weight is 231 g/mol. The van der Waals surface area contributed by atoms with Crippen LogP contribution in [0, 0.1) is 0 Å². The van der Waals surface area contributed by atoms with Crippen LogP contribution in [0.5, 0.6) is 6.01 Å². The Labute approximate surface area is 91.4 Å². The molecule has 8 heteroatoms. The van der Waals surface area contributed by atoms with Gasteiger partial charge in [0.25, 0.3) is 0 Å². The average Bonchev–Trinajstić information content (AvgIpc) is 2.28. The van der Waals surface area contributed by atoms with Gasteiger partial charge in [0.15, 0.2) is 5.16 Å². The third kappa shape index (κ3) is 3.50. The smallest absolute Gasteiger partial charge is 0.321 e. The van der Waals surface area contributed by atoms with Gasteiger partial charge in [0.2, 0.25) is 5.95 Å². The van der Waals surface area contributed by atoms with Crippen molar-refractivity contribution >= 4 is 17.7 Å². The second-order valence-electron chi connectivity index (χ2n) is 2.68. The molecule has 4 N–H and O–H groups in total. The minimum Gasteiger partial charge on any atom is -0.467 e. The van der Waals surface area contributed by atoms with E-state index in [9.17, 15) is 0 Å². The highest BCUT2D eigenvalue weighted by Gasteiger charge is 2.09. The van der Waals surface area contributed by atoms with E-state index in [1.54, 1.807) is 0 Å². The molecule has 0 amide bonds. The van der Waals surface area contributed by atoms with Gasteiger partial charge in [0.1, 0.15) is 0 Å². The van der Waals surface area contributed by atoms with Crippen molar-refractivity contribution in [3.63, 3.8) is 0 Å². The molecule has 0 aliphatic carbocycles. The number of nitrogen functional groups attached to an aromatic ring is 1. The van der Waals surface area contributed by atoms with Crippen LogP contribution < -0.4 is 16.0 Å². The summed E-state index contributed by atoms with van der Waals surface area (Å²) in [7, 11) is 1.46. The summed E-state index contributed by atoms with van der Waals surface area (Å²) in [5.41, 5.74) is 2.32. The molecule has 1 aromatic heterocycles. The van der Waals surface area contributed by atoms with Crippen molar-refractivity contribution in [1.29, 1.82) is 0 Å². The largest absolute Gasteiger partial charge is 0.467 e. The number of hydrogen-bond acceptors (Lipinski definition) is 8. The summed E-state index contributed by atoms with van der Waals surface area (Å²) in [6.07, 6.45) is 0. The fourth-order valence-corrected chi connectivity index (χ4v) is 1.47. The van der Waals surface area contributed by atoms with Gasteiger partial charge in [0.05, 0.1) is 13.7 Å². The van der Waals surface area contributed by atoms with Crippen LogP contribution in [0.2, 0.25) is 0 Å². The van der Waals surface area contributed by atoms with Gasteiger partial charge in [-0.2, -0.15) is 15.0 Å². The number of aromatic nitrogens is 3. The van der Waals surface area contributed by atoms with Gasteiger partial charge in [0, 0.05) is 5.25 Å². The van der Waals surface area contributed by atoms with Gasteiger partial charge >= 0.3 is 6.01 Å². The van der Waals surface area contributed by atoms with Crippen molar-refractivity contribution < 1.29 is 9.84 Å². The van der Waals surface area contributed by atoms with Crippen LogP contribution in [-0.4, -0.2) is 39.0 Å². The molecule has 0 spiro atoms. The summed E-state index contributed by atoms with van der Waals surface area (Å²) >= 11 is 1.31. The zero-order valence-electron chi connectivity index (χ0n) is 8.47. The molecule has 1 aromatic rings. The molecule has 15 heavy (non-hydrogen) atoms. The lowest BCUT2D eigenvalue weighted by Gasteiger charge is -2.07. The third-order valence-corrected chi connectivity index (χ3v) is 2.41. The number of nitrogens with zero attached hydrogens (tertiary/aromatic N) is 3. The molecule has 0 saturated heterocycles. The Balaban J connectivity index is 2.86. The van der Waals surface area contributed by atoms with Crippen LogP contribution in [-0.2, 0) is 0 Å². The first-order chi connectivity index (χ1) is 7.19. The molecule has 1 atom stereocenters. The van der Waals surface area contributed by atoms with Gasteiger partial charge in [-0.3, -0.25) is 5.43 Å². The maximum Gasteiger partial charge on any atom is 0.321 e. The van der Waals surface area contributed by atoms with Crippen molar-refractivity contribution in [2.75, 3.05) is 19.1 Å². The first-order valence-electron chi connectivity index (χ1n) is 4.23. The molecule has 1 rings (SSSR count). The summed E-state index contributed by atoms with van der Waals surface area (Å²) < 4.78 is 4.88. The molecule has 84 valence electrons. The number of rotatable bonds is 5.